The van der Waals surface area contributed by atoms with Crippen LogP contribution in [0, 0.1) is 0 Å². The minimum Gasteiger partial charge on any atom is -0.506 e. The minimum absolute atomic E-state index is 0.152. The molecule has 2 aliphatic heterocycles. The van der Waals surface area contributed by atoms with E-state index in [0.717, 1.165) is 55.6 Å². The van der Waals surface area contributed by atoms with Gasteiger partial charge in [-0.2, -0.15) is 0 Å². The molecule has 8 nitrogen and oxygen atoms in total. The van der Waals surface area contributed by atoms with Gasteiger partial charge in [0, 0.05) is 66.0 Å². The molecule has 2 aromatic carbocycles. The summed E-state index contributed by atoms with van der Waals surface area (Å²) in [5, 5.41) is 14.8. The maximum absolute atomic E-state index is 13.1. The molecule has 35 heavy (non-hydrogen) atoms. The molecule has 178 valence electrons. The first kappa shape index (κ1) is 21.6. The predicted molar refractivity (Wildman–Crippen MR) is 134 cm³/mol. The van der Waals surface area contributed by atoms with Crippen LogP contribution in [0.3, 0.4) is 0 Å². The first-order valence-electron chi connectivity index (χ1n) is 11.9. The normalized spacial score (nSPS) is 17.1. The summed E-state index contributed by atoms with van der Waals surface area (Å²) >= 11 is 0. The van der Waals surface area contributed by atoms with Crippen LogP contribution in [0.4, 0.5) is 0 Å². The van der Waals surface area contributed by atoms with Crippen LogP contribution in [0.25, 0.3) is 33.0 Å². The number of aromatic amines is 1. The van der Waals surface area contributed by atoms with Crippen LogP contribution in [-0.2, 0) is 20.9 Å². The fraction of sp³-hybridized carbons (Fsp3) is 0.259. The van der Waals surface area contributed by atoms with Crippen LogP contribution >= 0.6 is 0 Å². The molecule has 6 rings (SSSR count). The number of rotatable bonds is 6. The van der Waals surface area contributed by atoms with Gasteiger partial charge in [0.15, 0.2) is 0 Å². The first-order valence-corrected chi connectivity index (χ1v) is 11.9. The zero-order valence-corrected chi connectivity index (χ0v) is 19.2. The second kappa shape index (κ2) is 8.72. The van der Waals surface area contributed by atoms with E-state index in [-0.39, 0.29) is 5.75 Å². The molecule has 1 fully saturated rings. The highest BCUT2D eigenvalue weighted by Crippen LogP contribution is 2.40. The van der Waals surface area contributed by atoms with E-state index in [0.29, 0.717) is 34.3 Å². The van der Waals surface area contributed by atoms with Crippen molar-refractivity contribution in [2.45, 2.75) is 13.0 Å². The fourth-order valence-electron chi connectivity index (χ4n) is 5.25. The van der Waals surface area contributed by atoms with Crippen LogP contribution < -0.4 is 5.32 Å². The van der Waals surface area contributed by atoms with E-state index in [2.05, 4.69) is 15.2 Å². The van der Waals surface area contributed by atoms with E-state index < -0.39 is 11.8 Å². The van der Waals surface area contributed by atoms with Crippen LogP contribution in [-0.4, -0.2) is 64.2 Å². The Morgan fingerprint density at radius 3 is 2.46 bits per heavy atom. The van der Waals surface area contributed by atoms with E-state index in [1.807, 2.05) is 41.1 Å². The molecule has 0 atom stereocenters. The lowest BCUT2D eigenvalue weighted by molar-refractivity contribution is -0.122. The molecule has 0 bridgehead atoms. The number of amides is 2. The van der Waals surface area contributed by atoms with Crippen LogP contribution in [0.2, 0.25) is 0 Å². The Morgan fingerprint density at radius 2 is 1.63 bits per heavy atom. The molecule has 0 spiro atoms. The van der Waals surface area contributed by atoms with Crippen molar-refractivity contribution in [1.82, 2.24) is 19.8 Å². The van der Waals surface area contributed by atoms with Crippen molar-refractivity contribution in [3.05, 3.63) is 66.0 Å². The molecule has 1 saturated heterocycles. The SMILES string of the molecule is O=C1NC(=O)C(c2cn(CCCN3CCOCC3)c3c(O)cccc23)=C1c1c[nH]c2ccccc12. The van der Waals surface area contributed by atoms with Gasteiger partial charge in [0.2, 0.25) is 0 Å². The minimum atomic E-state index is -0.425. The third-order valence-electron chi connectivity index (χ3n) is 6.91. The van der Waals surface area contributed by atoms with E-state index >= 15 is 0 Å². The van der Waals surface area contributed by atoms with Gasteiger partial charge in [-0.15, -0.1) is 0 Å². The van der Waals surface area contributed by atoms with Gasteiger partial charge < -0.3 is 19.4 Å². The number of fused-ring (bicyclic) bond motifs is 2. The van der Waals surface area contributed by atoms with E-state index in [1.54, 1.807) is 18.3 Å². The number of para-hydroxylation sites is 2. The number of hydrogen-bond donors (Lipinski definition) is 3. The van der Waals surface area contributed by atoms with Gasteiger partial charge in [-0.1, -0.05) is 30.3 Å². The summed E-state index contributed by atoms with van der Waals surface area (Å²) in [5.41, 5.74) is 3.58. The van der Waals surface area contributed by atoms with Crippen molar-refractivity contribution < 1.29 is 19.4 Å². The molecule has 4 aromatic rings. The molecular weight excluding hydrogens is 444 g/mol. The standard InChI is InChI=1S/C27H26N4O4/c32-22-8-3-6-18-20(16-31(25(18)22)10-4-9-30-11-13-35-14-12-30)24-23(26(33)29-27(24)34)19-15-28-21-7-2-1-5-17(19)21/h1-3,5-8,15-16,28,32H,4,9-14H2,(H,29,33,34). The number of H-pyrrole nitrogens is 1. The molecule has 0 radical (unpaired) electrons. The van der Waals surface area contributed by atoms with Crippen molar-refractivity contribution >= 4 is 44.8 Å². The molecule has 8 heteroatoms. The smallest absolute Gasteiger partial charge is 0.259 e. The van der Waals surface area contributed by atoms with Crippen molar-refractivity contribution in [3.8, 4) is 5.75 Å². The third-order valence-corrected chi connectivity index (χ3v) is 6.91. The molecule has 0 aliphatic carbocycles. The Bertz CT molecular complexity index is 1490. The number of benzene rings is 2. The number of aromatic hydroxyl groups is 1. The van der Waals surface area contributed by atoms with Crippen LogP contribution in [0.5, 0.6) is 5.75 Å². The van der Waals surface area contributed by atoms with Gasteiger partial charge in [0.1, 0.15) is 5.75 Å². The van der Waals surface area contributed by atoms with E-state index in [1.165, 1.54) is 0 Å². The highest BCUT2D eigenvalue weighted by atomic mass is 16.5. The molecular formula is C27H26N4O4. The van der Waals surface area contributed by atoms with E-state index in [4.69, 9.17) is 4.74 Å². The Balaban J connectivity index is 1.45. The maximum Gasteiger partial charge on any atom is 0.259 e. The summed E-state index contributed by atoms with van der Waals surface area (Å²) in [6.45, 7) is 4.96. The van der Waals surface area contributed by atoms with Crippen molar-refractivity contribution in [2.75, 3.05) is 32.8 Å². The number of hydrogen-bond acceptors (Lipinski definition) is 5. The second-order valence-electron chi connectivity index (χ2n) is 9.00. The van der Waals surface area contributed by atoms with Crippen LogP contribution in [0.15, 0.2) is 54.9 Å². The number of aromatic nitrogens is 2. The molecule has 0 unspecified atom stereocenters. The molecule has 3 N–H and O–H groups in total. The molecule has 4 heterocycles. The highest BCUT2D eigenvalue weighted by molar-refractivity contribution is 6.50. The van der Waals surface area contributed by atoms with Crippen molar-refractivity contribution in [3.63, 3.8) is 0 Å². The summed E-state index contributed by atoms with van der Waals surface area (Å²) in [6, 6.07) is 13.0. The number of ether oxygens (including phenoxy) is 1. The lowest BCUT2D eigenvalue weighted by atomic mass is 9.95. The number of carbonyl (C=O) groups is 2. The lowest BCUT2D eigenvalue weighted by Gasteiger charge is -2.26. The average molecular weight is 471 g/mol. The summed E-state index contributed by atoms with van der Waals surface area (Å²) in [4.78, 5) is 31.7. The largest absolute Gasteiger partial charge is 0.506 e. The second-order valence-corrected chi connectivity index (χ2v) is 9.00. The van der Waals surface area contributed by atoms with E-state index in [9.17, 15) is 14.7 Å². The van der Waals surface area contributed by atoms with Gasteiger partial charge in [-0.25, -0.2) is 0 Å². The molecule has 2 aromatic heterocycles. The predicted octanol–water partition coefficient (Wildman–Crippen LogP) is 3.12. The quantitative estimate of drug-likeness (QED) is 0.376. The third kappa shape index (κ3) is 3.71. The summed E-state index contributed by atoms with van der Waals surface area (Å²) < 4.78 is 7.43. The number of imide groups is 1. The summed E-state index contributed by atoms with van der Waals surface area (Å²) in [6.07, 6.45) is 4.56. The summed E-state index contributed by atoms with van der Waals surface area (Å²) in [7, 11) is 0. The number of phenolic OH excluding ortho intramolecular Hbond substituents is 1. The summed E-state index contributed by atoms with van der Waals surface area (Å²) in [5.74, 6) is -0.687. The van der Waals surface area contributed by atoms with Gasteiger partial charge in [0.25, 0.3) is 11.8 Å². The Morgan fingerprint density at radius 1 is 0.886 bits per heavy atom. The number of phenols is 1. The van der Waals surface area contributed by atoms with Crippen molar-refractivity contribution in [1.29, 1.82) is 0 Å². The highest BCUT2D eigenvalue weighted by Gasteiger charge is 2.35. The monoisotopic (exact) mass is 470 g/mol. The molecule has 2 aliphatic rings. The zero-order chi connectivity index (χ0) is 23.9. The van der Waals surface area contributed by atoms with Gasteiger partial charge in [-0.3, -0.25) is 19.8 Å². The van der Waals surface area contributed by atoms with Gasteiger partial charge in [0.05, 0.1) is 29.9 Å². The maximum atomic E-state index is 13.1. The molecule has 0 saturated carbocycles. The zero-order valence-electron chi connectivity index (χ0n) is 19.2. The fourth-order valence-corrected chi connectivity index (χ4v) is 5.25. The average Bonchev–Trinajstić information content (AvgIpc) is 3.53. The molecule has 2 amide bonds. The number of nitrogens with one attached hydrogen (secondary N) is 2. The Labute approximate surface area is 201 Å². The van der Waals surface area contributed by atoms with Crippen molar-refractivity contribution in [2.24, 2.45) is 0 Å². The van der Waals surface area contributed by atoms with Gasteiger partial charge >= 0.3 is 0 Å². The number of carbonyl (C=O) groups excluding carboxylic acids is 2. The van der Waals surface area contributed by atoms with Gasteiger partial charge in [-0.05, 0) is 18.6 Å². The number of morpholine rings is 1. The topological polar surface area (TPSA) is 99.6 Å². The Kier molecular flexibility index (Phi) is 5.39. The Hall–Kier alpha value is -3.88. The first-order chi connectivity index (χ1) is 17.1. The lowest BCUT2D eigenvalue weighted by Crippen LogP contribution is -2.37. The van der Waals surface area contributed by atoms with Crippen LogP contribution in [0.1, 0.15) is 17.5 Å². The number of nitrogens with zero attached hydrogens (tertiary/aromatic N) is 2. The number of aryl methyl sites for hydroxylation is 1.